The van der Waals surface area contributed by atoms with Crippen LogP contribution >= 0.6 is 11.6 Å². The van der Waals surface area contributed by atoms with E-state index in [4.69, 9.17) is 16.3 Å². The highest BCUT2D eigenvalue weighted by Crippen LogP contribution is 2.35. The monoisotopic (exact) mass is 343 g/mol. The third kappa shape index (κ3) is 3.67. The maximum absolute atomic E-state index is 12.6. The largest absolute Gasteiger partial charge is 0.492 e. The van der Waals surface area contributed by atoms with Crippen LogP contribution in [0.4, 0.5) is 19.0 Å². The lowest BCUT2D eigenvalue weighted by Gasteiger charge is -2.40. The van der Waals surface area contributed by atoms with Crippen molar-refractivity contribution in [2.45, 2.75) is 6.18 Å². The van der Waals surface area contributed by atoms with Crippen molar-refractivity contribution >= 4 is 17.4 Å². The topological polar surface area (TPSA) is 38.2 Å². The molecule has 4 nitrogen and oxygen atoms in total. The highest BCUT2D eigenvalue weighted by Gasteiger charge is 2.34. The van der Waals surface area contributed by atoms with Gasteiger partial charge in [-0.15, -0.1) is 0 Å². The fraction of sp³-hybridized carbons (Fsp3) is 0.333. The SMILES string of the molecule is FC(F)(F)c1cnc(N2CC(COc3cccnc3)C2)c(Cl)c1. The third-order valence-corrected chi connectivity index (χ3v) is 3.80. The molecule has 0 bridgehead atoms. The molecule has 3 rings (SSSR count). The summed E-state index contributed by atoms with van der Waals surface area (Å²) in [7, 11) is 0. The molecule has 1 fully saturated rings. The molecule has 0 atom stereocenters. The number of hydrogen-bond acceptors (Lipinski definition) is 4. The first-order chi connectivity index (χ1) is 10.9. The summed E-state index contributed by atoms with van der Waals surface area (Å²) in [4.78, 5) is 9.63. The first-order valence-electron chi connectivity index (χ1n) is 6.94. The van der Waals surface area contributed by atoms with Gasteiger partial charge in [-0.25, -0.2) is 4.98 Å². The third-order valence-electron chi connectivity index (χ3n) is 3.53. The number of ether oxygens (including phenoxy) is 1. The van der Waals surface area contributed by atoms with Gasteiger partial charge in [-0.3, -0.25) is 4.98 Å². The molecule has 0 saturated carbocycles. The number of alkyl halides is 3. The van der Waals surface area contributed by atoms with Crippen molar-refractivity contribution in [1.82, 2.24) is 9.97 Å². The number of hydrogen-bond donors (Lipinski definition) is 0. The molecule has 8 heteroatoms. The number of halogens is 4. The minimum Gasteiger partial charge on any atom is -0.492 e. The van der Waals surface area contributed by atoms with Crippen molar-refractivity contribution in [1.29, 1.82) is 0 Å². The van der Waals surface area contributed by atoms with Crippen molar-refractivity contribution in [3.8, 4) is 5.75 Å². The van der Waals surface area contributed by atoms with Gasteiger partial charge in [0, 0.05) is 31.4 Å². The van der Waals surface area contributed by atoms with E-state index in [1.165, 1.54) is 0 Å². The maximum atomic E-state index is 12.6. The zero-order valence-corrected chi connectivity index (χ0v) is 12.7. The summed E-state index contributed by atoms with van der Waals surface area (Å²) in [5.41, 5.74) is -0.844. The molecular weight excluding hydrogens is 331 g/mol. The Morgan fingerprint density at radius 1 is 1.30 bits per heavy atom. The van der Waals surface area contributed by atoms with E-state index >= 15 is 0 Å². The van der Waals surface area contributed by atoms with Crippen LogP contribution in [0.3, 0.4) is 0 Å². The number of pyridine rings is 2. The average Bonchev–Trinajstić information content (AvgIpc) is 2.47. The van der Waals surface area contributed by atoms with Gasteiger partial charge in [0.25, 0.3) is 0 Å². The fourth-order valence-corrected chi connectivity index (χ4v) is 2.60. The Morgan fingerprint density at radius 2 is 2.09 bits per heavy atom. The normalized spacial score (nSPS) is 15.4. The quantitative estimate of drug-likeness (QED) is 0.849. The zero-order chi connectivity index (χ0) is 16.4. The van der Waals surface area contributed by atoms with Gasteiger partial charge in [-0.1, -0.05) is 11.6 Å². The zero-order valence-electron chi connectivity index (χ0n) is 11.9. The molecule has 0 amide bonds. The second-order valence-electron chi connectivity index (χ2n) is 5.30. The smallest absolute Gasteiger partial charge is 0.417 e. The van der Waals surface area contributed by atoms with E-state index < -0.39 is 11.7 Å². The van der Waals surface area contributed by atoms with Crippen LogP contribution in [-0.2, 0) is 6.18 Å². The Hall–Kier alpha value is -2.02. The summed E-state index contributed by atoms with van der Waals surface area (Å²) in [6, 6.07) is 4.51. The molecule has 1 aliphatic heterocycles. The highest BCUT2D eigenvalue weighted by atomic mass is 35.5. The van der Waals surface area contributed by atoms with Gasteiger partial charge >= 0.3 is 6.18 Å². The van der Waals surface area contributed by atoms with Gasteiger partial charge < -0.3 is 9.64 Å². The second kappa shape index (κ2) is 6.23. The van der Waals surface area contributed by atoms with Crippen LogP contribution in [0.2, 0.25) is 5.02 Å². The van der Waals surface area contributed by atoms with E-state index in [9.17, 15) is 13.2 Å². The van der Waals surface area contributed by atoms with Crippen LogP contribution in [0.5, 0.6) is 5.75 Å². The van der Waals surface area contributed by atoms with Crippen molar-refractivity contribution in [2.75, 3.05) is 24.6 Å². The predicted octanol–water partition coefficient (Wildman–Crippen LogP) is 3.66. The van der Waals surface area contributed by atoms with Crippen molar-refractivity contribution < 1.29 is 17.9 Å². The van der Waals surface area contributed by atoms with Crippen LogP contribution in [0.25, 0.3) is 0 Å². The Balaban J connectivity index is 1.55. The van der Waals surface area contributed by atoms with Crippen LogP contribution < -0.4 is 9.64 Å². The lowest BCUT2D eigenvalue weighted by molar-refractivity contribution is -0.137. The molecule has 0 spiro atoms. The molecule has 0 aromatic carbocycles. The van der Waals surface area contributed by atoms with Gasteiger partial charge in [-0.2, -0.15) is 13.2 Å². The van der Waals surface area contributed by atoms with Crippen LogP contribution in [-0.4, -0.2) is 29.7 Å². The van der Waals surface area contributed by atoms with Crippen LogP contribution in [0.15, 0.2) is 36.8 Å². The maximum Gasteiger partial charge on any atom is 0.417 e. The van der Waals surface area contributed by atoms with Gasteiger partial charge in [0.2, 0.25) is 0 Å². The number of anilines is 1. The Morgan fingerprint density at radius 3 is 2.70 bits per heavy atom. The summed E-state index contributed by atoms with van der Waals surface area (Å²) in [6.07, 6.45) is -0.341. The summed E-state index contributed by atoms with van der Waals surface area (Å²) in [5.74, 6) is 1.34. The van der Waals surface area contributed by atoms with Gasteiger partial charge in [0.05, 0.1) is 23.4 Å². The number of aromatic nitrogens is 2. The Labute approximate surface area is 135 Å². The summed E-state index contributed by atoms with van der Waals surface area (Å²) in [6.45, 7) is 1.79. The Kier molecular flexibility index (Phi) is 4.30. The molecule has 23 heavy (non-hydrogen) atoms. The van der Waals surface area contributed by atoms with E-state index in [1.807, 2.05) is 11.0 Å². The lowest BCUT2D eigenvalue weighted by Crippen LogP contribution is -2.49. The first kappa shape index (κ1) is 15.9. The second-order valence-corrected chi connectivity index (χ2v) is 5.71. The predicted molar refractivity (Wildman–Crippen MR) is 79.7 cm³/mol. The fourth-order valence-electron chi connectivity index (χ4n) is 2.31. The summed E-state index contributed by atoms with van der Waals surface area (Å²) < 4.78 is 43.4. The van der Waals surface area contributed by atoms with E-state index in [1.54, 1.807) is 18.5 Å². The molecule has 122 valence electrons. The van der Waals surface area contributed by atoms with Gasteiger partial charge in [0.15, 0.2) is 0 Å². The molecular formula is C15H13ClF3N3O. The van der Waals surface area contributed by atoms with Crippen LogP contribution in [0, 0.1) is 5.92 Å². The van der Waals surface area contributed by atoms with E-state index in [2.05, 4.69) is 9.97 Å². The number of nitrogens with zero attached hydrogens (tertiary/aromatic N) is 3. The summed E-state index contributed by atoms with van der Waals surface area (Å²) >= 11 is 5.92. The van der Waals surface area contributed by atoms with Gasteiger partial charge in [-0.05, 0) is 18.2 Å². The average molecular weight is 344 g/mol. The van der Waals surface area contributed by atoms with Crippen molar-refractivity contribution in [2.24, 2.45) is 5.92 Å². The van der Waals surface area contributed by atoms with E-state index in [0.717, 1.165) is 12.3 Å². The number of rotatable bonds is 4. The van der Waals surface area contributed by atoms with Gasteiger partial charge in [0.1, 0.15) is 11.6 Å². The lowest BCUT2D eigenvalue weighted by atomic mass is 10.0. The first-order valence-corrected chi connectivity index (χ1v) is 7.32. The molecule has 0 radical (unpaired) electrons. The molecule has 0 unspecified atom stereocenters. The van der Waals surface area contributed by atoms with Crippen molar-refractivity contribution in [3.05, 3.63) is 47.4 Å². The highest BCUT2D eigenvalue weighted by molar-refractivity contribution is 6.33. The molecule has 2 aromatic rings. The minimum absolute atomic E-state index is 0.00597. The molecule has 0 aliphatic carbocycles. The minimum atomic E-state index is -4.44. The van der Waals surface area contributed by atoms with Crippen LogP contribution in [0.1, 0.15) is 5.56 Å². The molecule has 0 N–H and O–H groups in total. The Bertz CT molecular complexity index is 675. The van der Waals surface area contributed by atoms with E-state index in [-0.39, 0.29) is 10.9 Å². The molecule has 1 aliphatic rings. The standard InChI is InChI=1S/C15H13ClF3N3O/c16-13-4-11(15(17,18)19)5-21-14(13)22-7-10(8-22)9-23-12-2-1-3-20-6-12/h1-6,10H,7-9H2. The van der Waals surface area contributed by atoms with Crippen molar-refractivity contribution in [3.63, 3.8) is 0 Å². The molecule has 1 saturated heterocycles. The van der Waals surface area contributed by atoms with E-state index in [0.29, 0.717) is 31.3 Å². The summed E-state index contributed by atoms with van der Waals surface area (Å²) in [5, 5.41) is 0.00597. The molecule has 3 heterocycles. The molecule has 2 aromatic heterocycles.